The van der Waals surface area contributed by atoms with Gasteiger partial charge in [0.25, 0.3) is 0 Å². The molecule has 1 unspecified atom stereocenters. The first-order valence-electron chi connectivity index (χ1n) is 7.35. The molecule has 0 heterocycles. The number of fused-ring (bicyclic) bond motifs is 1. The molecular formula is C18H21NS. The predicted octanol–water partition coefficient (Wildman–Crippen LogP) is 4.22. The first kappa shape index (κ1) is 13.7. The van der Waals surface area contributed by atoms with Gasteiger partial charge in [-0.15, -0.1) is 0 Å². The lowest BCUT2D eigenvalue weighted by molar-refractivity contribution is 0.737. The van der Waals surface area contributed by atoms with Crippen LogP contribution >= 0.6 is 11.8 Å². The highest BCUT2D eigenvalue weighted by atomic mass is 32.2. The molecule has 0 fully saturated rings. The van der Waals surface area contributed by atoms with E-state index < -0.39 is 0 Å². The molecule has 1 atom stereocenters. The number of hydrogen-bond acceptors (Lipinski definition) is 2. The summed E-state index contributed by atoms with van der Waals surface area (Å²) in [5.74, 6) is 0. The van der Waals surface area contributed by atoms with Crippen LogP contribution in [0.4, 0.5) is 0 Å². The second kappa shape index (κ2) is 6.02. The molecule has 1 aliphatic carbocycles. The van der Waals surface area contributed by atoms with Gasteiger partial charge in [0.05, 0.1) is 0 Å². The third kappa shape index (κ3) is 3.25. The third-order valence-corrected chi connectivity index (χ3v) is 4.78. The summed E-state index contributed by atoms with van der Waals surface area (Å²) < 4.78 is 0. The van der Waals surface area contributed by atoms with E-state index in [9.17, 15) is 0 Å². The van der Waals surface area contributed by atoms with Crippen LogP contribution in [0.1, 0.15) is 30.0 Å². The van der Waals surface area contributed by atoms with Crippen LogP contribution in [0.5, 0.6) is 0 Å². The highest BCUT2D eigenvalue weighted by Gasteiger charge is 2.11. The van der Waals surface area contributed by atoms with Gasteiger partial charge in [-0.25, -0.2) is 0 Å². The molecule has 2 aromatic rings. The van der Waals surface area contributed by atoms with Crippen molar-refractivity contribution < 1.29 is 0 Å². The van der Waals surface area contributed by atoms with Crippen molar-refractivity contribution in [2.24, 2.45) is 5.73 Å². The van der Waals surface area contributed by atoms with Crippen molar-refractivity contribution >= 4 is 11.8 Å². The number of aryl methyl sites for hydroxylation is 2. The lowest BCUT2D eigenvalue weighted by atomic mass is 10.1. The SMILES string of the molecule is CC(N)Cc1ccc(Sc2ccc3c(c2)CCC3)cc1. The highest BCUT2D eigenvalue weighted by molar-refractivity contribution is 7.99. The molecule has 2 N–H and O–H groups in total. The first-order chi connectivity index (χ1) is 9.70. The topological polar surface area (TPSA) is 26.0 Å². The van der Waals surface area contributed by atoms with Crippen LogP contribution in [0.25, 0.3) is 0 Å². The fourth-order valence-electron chi connectivity index (χ4n) is 2.81. The molecule has 0 radical (unpaired) electrons. The second-order valence-electron chi connectivity index (χ2n) is 5.71. The highest BCUT2D eigenvalue weighted by Crippen LogP contribution is 2.32. The molecular weight excluding hydrogens is 262 g/mol. The third-order valence-electron chi connectivity index (χ3n) is 3.79. The van der Waals surface area contributed by atoms with E-state index in [2.05, 4.69) is 42.5 Å². The lowest BCUT2D eigenvalue weighted by Gasteiger charge is -2.07. The molecule has 2 heteroatoms. The van der Waals surface area contributed by atoms with Crippen LogP contribution in [0.2, 0.25) is 0 Å². The maximum atomic E-state index is 5.83. The molecule has 0 saturated heterocycles. The summed E-state index contributed by atoms with van der Waals surface area (Å²) in [5.41, 5.74) is 10.2. The van der Waals surface area contributed by atoms with Gasteiger partial charge >= 0.3 is 0 Å². The summed E-state index contributed by atoms with van der Waals surface area (Å²) in [6.45, 7) is 2.05. The Kier molecular flexibility index (Phi) is 4.13. The zero-order valence-electron chi connectivity index (χ0n) is 11.9. The summed E-state index contributed by atoms with van der Waals surface area (Å²) in [5, 5.41) is 0. The van der Waals surface area contributed by atoms with Gasteiger partial charge in [0, 0.05) is 15.8 Å². The van der Waals surface area contributed by atoms with Crippen molar-refractivity contribution in [3.05, 3.63) is 59.2 Å². The molecule has 0 bridgehead atoms. The van der Waals surface area contributed by atoms with Crippen LogP contribution < -0.4 is 5.73 Å². The largest absolute Gasteiger partial charge is 0.328 e. The Balaban J connectivity index is 1.71. The molecule has 20 heavy (non-hydrogen) atoms. The smallest absolute Gasteiger partial charge is 0.0125 e. The average Bonchev–Trinajstić information content (AvgIpc) is 2.88. The fourth-order valence-corrected chi connectivity index (χ4v) is 3.69. The van der Waals surface area contributed by atoms with Crippen molar-refractivity contribution in [2.45, 2.75) is 48.4 Å². The monoisotopic (exact) mass is 283 g/mol. The van der Waals surface area contributed by atoms with Gasteiger partial charge in [0.2, 0.25) is 0 Å². The number of rotatable bonds is 4. The van der Waals surface area contributed by atoms with E-state index in [-0.39, 0.29) is 6.04 Å². The number of hydrogen-bond donors (Lipinski definition) is 1. The van der Waals surface area contributed by atoms with Crippen molar-refractivity contribution in [3.8, 4) is 0 Å². The van der Waals surface area contributed by atoms with Gasteiger partial charge in [-0.1, -0.05) is 30.0 Å². The molecule has 1 aliphatic rings. The Morgan fingerprint density at radius 1 is 1.00 bits per heavy atom. The quantitative estimate of drug-likeness (QED) is 0.909. The van der Waals surface area contributed by atoms with Crippen molar-refractivity contribution in [1.82, 2.24) is 0 Å². The minimum atomic E-state index is 0.227. The van der Waals surface area contributed by atoms with Crippen LogP contribution in [-0.4, -0.2) is 6.04 Å². The standard InChI is InChI=1S/C18H21NS/c1-13(19)11-14-5-8-17(9-6-14)20-18-10-7-15-3-2-4-16(15)12-18/h5-10,12-13H,2-4,11,19H2,1H3. The van der Waals surface area contributed by atoms with E-state index in [0.717, 1.165) is 6.42 Å². The zero-order valence-corrected chi connectivity index (χ0v) is 12.7. The van der Waals surface area contributed by atoms with E-state index in [4.69, 9.17) is 5.73 Å². The molecule has 0 aliphatic heterocycles. The Morgan fingerprint density at radius 3 is 2.45 bits per heavy atom. The van der Waals surface area contributed by atoms with Crippen LogP contribution in [0, 0.1) is 0 Å². The Bertz CT molecular complexity index is 587. The normalized spacial score (nSPS) is 15.1. The summed E-state index contributed by atoms with van der Waals surface area (Å²) in [6.07, 6.45) is 4.77. The summed E-state index contributed by atoms with van der Waals surface area (Å²) >= 11 is 1.85. The molecule has 0 saturated carbocycles. The molecule has 3 rings (SSSR count). The number of benzene rings is 2. The van der Waals surface area contributed by atoms with Gasteiger partial charge in [-0.3, -0.25) is 0 Å². The molecule has 0 aromatic heterocycles. The maximum absolute atomic E-state index is 5.83. The molecule has 2 aromatic carbocycles. The molecule has 0 spiro atoms. The van der Waals surface area contributed by atoms with Gasteiger partial charge in [0.1, 0.15) is 0 Å². The van der Waals surface area contributed by atoms with Crippen LogP contribution in [-0.2, 0) is 19.3 Å². The Hall–Kier alpha value is -1.25. The molecule has 0 amide bonds. The number of nitrogens with two attached hydrogens (primary N) is 1. The maximum Gasteiger partial charge on any atom is 0.0125 e. The minimum absolute atomic E-state index is 0.227. The van der Waals surface area contributed by atoms with Gasteiger partial charge in [-0.2, -0.15) is 0 Å². The fraction of sp³-hybridized carbons (Fsp3) is 0.333. The second-order valence-corrected chi connectivity index (χ2v) is 6.86. The van der Waals surface area contributed by atoms with E-state index in [1.165, 1.54) is 34.6 Å². The van der Waals surface area contributed by atoms with E-state index in [1.54, 1.807) is 11.1 Å². The van der Waals surface area contributed by atoms with Crippen molar-refractivity contribution in [1.29, 1.82) is 0 Å². The molecule has 104 valence electrons. The summed E-state index contributed by atoms with van der Waals surface area (Å²) in [6, 6.07) is 15.9. The predicted molar refractivity (Wildman–Crippen MR) is 86.4 cm³/mol. The lowest BCUT2D eigenvalue weighted by Crippen LogP contribution is -2.17. The first-order valence-corrected chi connectivity index (χ1v) is 8.16. The summed E-state index contributed by atoms with van der Waals surface area (Å²) in [4.78, 5) is 2.65. The minimum Gasteiger partial charge on any atom is -0.328 e. The van der Waals surface area contributed by atoms with Crippen molar-refractivity contribution in [2.75, 3.05) is 0 Å². The van der Waals surface area contributed by atoms with Gasteiger partial charge in [-0.05, 0) is 73.6 Å². The Morgan fingerprint density at radius 2 is 1.70 bits per heavy atom. The Labute approximate surface area is 125 Å². The van der Waals surface area contributed by atoms with Crippen LogP contribution in [0.15, 0.2) is 52.3 Å². The average molecular weight is 283 g/mol. The van der Waals surface area contributed by atoms with Gasteiger partial charge in [0.15, 0.2) is 0 Å². The van der Waals surface area contributed by atoms with E-state index >= 15 is 0 Å². The molecule has 1 nitrogen and oxygen atoms in total. The van der Waals surface area contributed by atoms with E-state index in [0.29, 0.717) is 0 Å². The van der Waals surface area contributed by atoms with Crippen molar-refractivity contribution in [3.63, 3.8) is 0 Å². The zero-order chi connectivity index (χ0) is 13.9. The van der Waals surface area contributed by atoms with Crippen LogP contribution in [0.3, 0.4) is 0 Å². The van der Waals surface area contributed by atoms with Gasteiger partial charge < -0.3 is 5.73 Å². The van der Waals surface area contributed by atoms with E-state index in [1.807, 2.05) is 18.7 Å². The summed E-state index contributed by atoms with van der Waals surface area (Å²) in [7, 11) is 0.